The molecule has 5 nitrogen and oxygen atoms in total. The second-order valence-corrected chi connectivity index (χ2v) is 5.79. The average Bonchev–Trinajstić information content (AvgIpc) is 3.04. The molecule has 0 radical (unpaired) electrons. The molecule has 0 aliphatic heterocycles. The summed E-state index contributed by atoms with van der Waals surface area (Å²) in [5, 5.41) is 12.0. The number of fused-ring (bicyclic) bond motifs is 1. The number of aryl methyl sites for hydroxylation is 1. The van der Waals surface area contributed by atoms with Gasteiger partial charge in [0.15, 0.2) is 11.5 Å². The molecule has 6 heteroatoms. The first-order valence-electron chi connectivity index (χ1n) is 6.62. The van der Waals surface area contributed by atoms with E-state index in [4.69, 9.17) is 0 Å². The molecule has 0 aliphatic carbocycles. The van der Waals surface area contributed by atoms with Crippen molar-refractivity contribution in [1.82, 2.24) is 24.9 Å². The molecule has 2 unspecified atom stereocenters. The van der Waals surface area contributed by atoms with Crippen LogP contribution in [0.25, 0.3) is 5.65 Å². The van der Waals surface area contributed by atoms with Crippen LogP contribution < -0.4 is 5.32 Å². The Morgan fingerprint density at radius 2 is 2.05 bits per heavy atom. The van der Waals surface area contributed by atoms with Gasteiger partial charge in [-0.1, -0.05) is 6.07 Å². The van der Waals surface area contributed by atoms with E-state index in [1.807, 2.05) is 41.2 Å². The van der Waals surface area contributed by atoms with Gasteiger partial charge in [-0.3, -0.25) is 9.72 Å². The van der Waals surface area contributed by atoms with Crippen molar-refractivity contribution < 1.29 is 0 Å². The molecule has 0 amide bonds. The number of hydrogen-bond donors (Lipinski definition) is 1. The van der Waals surface area contributed by atoms with Crippen molar-refractivity contribution in [3.05, 3.63) is 46.3 Å². The van der Waals surface area contributed by atoms with Gasteiger partial charge in [0.05, 0.1) is 17.2 Å². The molecule has 2 atom stereocenters. The third-order valence-electron chi connectivity index (χ3n) is 3.40. The molecule has 104 valence electrons. The van der Waals surface area contributed by atoms with Gasteiger partial charge in [0.1, 0.15) is 0 Å². The van der Waals surface area contributed by atoms with Crippen molar-refractivity contribution in [3.8, 4) is 0 Å². The fourth-order valence-corrected chi connectivity index (χ4v) is 3.23. The van der Waals surface area contributed by atoms with E-state index in [-0.39, 0.29) is 12.1 Å². The Labute approximate surface area is 121 Å². The molecule has 3 heterocycles. The molecule has 3 rings (SSSR count). The molecule has 0 saturated heterocycles. The highest BCUT2D eigenvalue weighted by molar-refractivity contribution is 7.09. The van der Waals surface area contributed by atoms with Gasteiger partial charge in [0.25, 0.3) is 0 Å². The zero-order valence-electron chi connectivity index (χ0n) is 11.7. The first-order valence-corrected chi connectivity index (χ1v) is 7.50. The normalized spacial score (nSPS) is 14.6. The van der Waals surface area contributed by atoms with E-state index in [0.29, 0.717) is 0 Å². The standard InChI is InChI=1S/C14H17N5S/c1-9-13(20-8-15-9)10(2)16-11(3)14-18-17-12-6-4-5-7-19(12)14/h4-8,10-11,16H,1-3H3. The average molecular weight is 287 g/mol. The molecule has 0 spiro atoms. The SMILES string of the molecule is Cc1ncsc1C(C)NC(C)c1nnc2ccccn12. The molecule has 0 saturated carbocycles. The van der Waals surface area contributed by atoms with E-state index < -0.39 is 0 Å². The van der Waals surface area contributed by atoms with Crippen molar-refractivity contribution in [2.75, 3.05) is 0 Å². The zero-order chi connectivity index (χ0) is 14.1. The van der Waals surface area contributed by atoms with Gasteiger partial charge in [-0.2, -0.15) is 0 Å². The predicted molar refractivity (Wildman–Crippen MR) is 79.8 cm³/mol. The van der Waals surface area contributed by atoms with Crippen LogP contribution in [-0.2, 0) is 0 Å². The second-order valence-electron chi connectivity index (χ2n) is 4.90. The van der Waals surface area contributed by atoms with Crippen LogP contribution in [0.15, 0.2) is 29.9 Å². The van der Waals surface area contributed by atoms with E-state index in [1.54, 1.807) is 11.3 Å². The lowest BCUT2D eigenvalue weighted by Gasteiger charge is -2.18. The van der Waals surface area contributed by atoms with Gasteiger partial charge in [-0.15, -0.1) is 21.5 Å². The third kappa shape index (κ3) is 2.32. The zero-order valence-corrected chi connectivity index (χ0v) is 12.6. The summed E-state index contributed by atoms with van der Waals surface area (Å²) in [6.07, 6.45) is 1.99. The Morgan fingerprint density at radius 1 is 1.20 bits per heavy atom. The maximum absolute atomic E-state index is 4.30. The molecule has 0 aromatic carbocycles. The quantitative estimate of drug-likeness (QED) is 0.801. The van der Waals surface area contributed by atoms with Gasteiger partial charge in [0.2, 0.25) is 0 Å². The monoisotopic (exact) mass is 287 g/mol. The van der Waals surface area contributed by atoms with Crippen LogP contribution in [0.5, 0.6) is 0 Å². The van der Waals surface area contributed by atoms with Gasteiger partial charge in [0, 0.05) is 17.1 Å². The molecule has 3 aromatic heterocycles. The van der Waals surface area contributed by atoms with Crippen molar-refractivity contribution in [3.63, 3.8) is 0 Å². The maximum atomic E-state index is 4.30. The first-order chi connectivity index (χ1) is 9.66. The Hall–Kier alpha value is -1.79. The minimum Gasteiger partial charge on any atom is -0.300 e. The molecular formula is C14H17N5S. The molecule has 3 aromatic rings. The highest BCUT2D eigenvalue weighted by atomic mass is 32.1. The summed E-state index contributed by atoms with van der Waals surface area (Å²) in [6.45, 7) is 6.30. The molecule has 0 aliphatic rings. The van der Waals surface area contributed by atoms with Gasteiger partial charge in [-0.05, 0) is 32.9 Å². The topological polar surface area (TPSA) is 55.1 Å². The van der Waals surface area contributed by atoms with Gasteiger partial charge < -0.3 is 0 Å². The minimum absolute atomic E-state index is 0.115. The van der Waals surface area contributed by atoms with Gasteiger partial charge >= 0.3 is 0 Å². The van der Waals surface area contributed by atoms with Crippen molar-refractivity contribution in [1.29, 1.82) is 0 Å². The molecule has 0 fully saturated rings. The third-order valence-corrected chi connectivity index (χ3v) is 4.52. The van der Waals surface area contributed by atoms with Crippen LogP contribution in [0.3, 0.4) is 0 Å². The first kappa shape index (κ1) is 13.2. The van der Waals surface area contributed by atoms with Crippen LogP contribution in [0, 0.1) is 6.92 Å². The number of pyridine rings is 1. The van der Waals surface area contributed by atoms with Crippen LogP contribution in [-0.4, -0.2) is 19.6 Å². The molecule has 0 bridgehead atoms. The maximum Gasteiger partial charge on any atom is 0.160 e. The summed E-state index contributed by atoms with van der Waals surface area (Å²) < 4.78 is 2.02. The van der Waals surface area contributed by atoms with E-state index in [0.717, 1.165) is 17.2 Å². The number of hydrogen-bond acceptors (Lipinski definition) is 5. The highest BCUT2D eigenvalue weighted by Gasteiger charge is 2.18. The van der Waals surface area contributed by atoms with E-state index in [2.05, 4.69) is 34.3 Å². The van der Waals surface area contributed by atoms with E-state index in [9.17, 15) is 0 Å². The number of thiazole rings is 1. The summed E-state index contributed by atoms with van der Waals surface area (Å²) in [5.41, 5.74) is 3.85. The fraction of sp³-hybridized carbons (Fsp3) is 0.357. The van der Waals surface area contributed by atoms with Crippen LogP contribution in [0.1, 0.15) is 42.3 Å². The number of nitrogens with zero attached hydrogens (tertiary/aromatic N) is 4. The molecule has 1 N–H and O–H groups in total. The van der Waals surface area contributed by atoms with Crippen LogP contribution in [0.2, 0.25) is 0 Å². The summed E-state index contributed by atoms with van der Waals surface area (Å²) in [7, 11) is 0. The van der Waals surface area contributed by atoms with Gasteiger partial charge in [-0.25, -0.2) is 4.98 Å². The summed E-state index contributed by atoms with van der Waals surface area (Å²) in [4.78, 5) is 5.57. The van der Waals surface area contributed by atoms with Crippen molar-refractivity contribution in [2.45, 2.75) is 32.9 Å². The Balaban J connectivity index is 1.83. The number of rotatable bonds is 4. The van der Waals surface area contributed by atoms with Crippen molar-refractivity contribution in [2.24, 2.45) is 0 Å². The predicted octanol–water partition coefficient (Wildman–Crippen LogP) is 2.91. The summed E-state index contributed by atoms with van der Waals surface area (Å²) in [6, 6.07) is 6.27. The van der Waals surface area contributed by atoms with Crippen molar-refractivity contribution >= 4 is 17.0 Å². The lowest BCUT2D eigenvalue weighted by molar-refractivity contribution is 0.476. The summed E-state index contributed by atoms with van der Waals surface area (Å²) >= 11 is 1.68. The Kier molecular flexibility index (Phi) is 3.50. The number of aromatic nitrogens is 4. The lowest BCUT2D eigenvalue weighted by Crippen LogP contribution is -2.24. The van der Waals surface area contributed by atoms with Crippen LogP contribution >= 0.6 is 11.3 Å². The summed E-state index contributed by atoms with van der Waals surface area (Å²) in [5.74, 6) is 0.926. The van der Waals surface area contributed by atoms with E-state index in [1.165, 1.54) is 4.88 Å². The Bertz CT molecular complexity index is 717. The van der Waals surface area contributed by atoms with E-state index >= 15 is 0 Å². The second kappa shape index (κ2) is 5.30. The molecule has 20 heavy (non-hydrogen) atoms. The fourth-order valence-electron chi connectivity index (χ4n) is 2.41. The largest absolute Gasteiger partial charge is 0.300 e. The smallest absolute Gasteiger partial charge is 0.160 e. The highest BCUT2D eigenvalue weighted by Crippen LogP contribution is 2.24. The van der Waals surface area contributed by atoms with Crippen LogP contribution in [0.4, 0.5) is 0 Å². The molecular weight excluding hydrogens is 270 g/mol. The minimum atomic E-state index is 0.115. The lowest BCUT2D eigenvalue weighted by atomic mass is 10.2. The number of nitrogens with one attached hydrogen (secondary N) is 1. The Morgan fingerprint density at radius 3 is 2.80 bits per heavy atom.